The van der Waals surface area contributed by atoms with E-state index in [9.17, 15) is 0 Å². The quantitative estimate of drug-likeness (QED) is 0.633. The number of rotatable bonds is 6. The van der Waals surface area contributed by atoms with Crippen LogP contribution in [-0.2, 0) is 0 Å². The summed E-state index contributed by atoms with van der Waals surface area (Å²) in [6, 6.07) is 0.795. The van der Waals surface area contributed by atoms with Crippen molar-refractivity contribution in [1.82, 2.24) is 15.1 Å². The van der Waals surface area contributed by atoms with Crippen LogP contribution in [0.25, 0.3) is 0 Å². The second kappa shape index (κ2) is 6.38. The van der Waals surface area contributed by atoms with Gasteiger partial charge in [-0.3, -0.25) is 4.90 Å². The molecule has 1 heterocycles. The van der Waals surface area contributed by atoms with Crippen molar-refractivity contribution in [3.63, 3.8) is 0 Å². The van der Waals surface area contributed by atoms with Gasteiger partial charge in [0.1, 0.15) is 0 Å². The fourth-order valence-electron chi connectivity index (χ4n) is 2.22. The lowest BCUT2D eigenvalue weighted by Gasteiger charge is -2.26. The average Bonchev–Trinajstić information content (AvgIpc) is 2.52. The summed E-state index contributed by atoms with van der Waals surface area (Å²) in [5, 5.41) is 3.39. The molecule has 0 radical (unpaired) electrons. The minimum atomic E-state index is 0.795. The van der Waals surface area contributed by atoms with E-state index in [0.717, 1.165) is 19.1 Å². The predicted octanol–water partition coefficient (Wildman–Crippen LogP) is 0.622. The van der Waals surface area contributed by atoms with Crippen molar-refractivity contribution in [2.24, 2.45) is 0 Å². The Morgan fingerprint density at radius 3 is 2.86 bits per heavy atom. The van der Waals surface area contributed by atoms with Crippen LogP contribution in [0.3, 0.4) is 0 Å². The highest BCUT2D eigenvalue weighted by molar-refractivity contribution is 4.81. The molecule has 0 aromatic heterocycles. The first-order valence-electron chi connectivity index (χ1n) is 5.83. The first-order chi connectivity index (χ1) is 6.74. The second-order valence-electron chi connectivity index (χ2n) is 4.45. The third-order valence-electron chi connectivity index (χ3n) is 2.90. The van der Waals surface area contributed by atoms with Crippen LogP contribution in [0, 0.1) is 0 Å². The Bertz CT molecular complexity index is 147. The molecule has 1 N–H and O–H groups in total. The highest BCUT2D eigenvalue weighted by Crippen LogP contribution is 2.16. The molecule has 0 aliphatic carbocycles. The maximum atomic E-state index is 3.39. The summed E-state index contributed by atoms with van der Waals surface area (Å²) in [6.45, 7) is 8.12. The molecule has 0 aromatic rings. The van der Waals surface area contributed by atoms with Gasteiger partial charge in [0.15, 0.2) is 0 Å². The van der Waals surface area contributed by atoms with Crippen molar-refractivity contribution in [1.29, 1.82) is 0 Å². The first kappa shape index (κ1) is 12.0. The van der Waals surface area contributed by atoms with Crippen LogP contribution in [0.15, 0.2) is 0 Å². The predicted molar refractivity (Wildman–Crippen MR) is 61.7 cm³/mol. The number of hydrogen-bond acceptors (Lipinski definition) is 3. The van der Waals surface area contributed by atoms with Gasteiger partial charge in [0, 0.05) is 25.7 Å². The summed E-state index contributed by atoms with van der Waals surface area (Å²) in [5.74, 6) is 0. The van der Waals surface area contributed by atoms with Crippen molar-refractivity contribution < 1.29 is 0 Å². The van der Waals surface area contributed by atoms with Gasteiger partial charge in [-0.15, -0.1) is 0 Å². The zero-order chi connectivity index (χ0) is 10.4. The van der Waals surface area contributed by atoms with E-state index in [-0.39, 0.29) is 0 Å². The molecule has 0 saturated carbocycles. The normalized spacial score (nSPS) is 23.6. The summed E-state index contributed by atoms with van der Waals surface area (Å²) in [7, 11) is 4.33. The number of hydrogen-bond donors (Lipinski definition) is 1. The number of likely N-dealkylation sites (N-methyl/N-ethyl adjacent to an activating group) is 2. The summed E-state index contributed by atoms with van der Waals surface area (Å²) in [5.41, 5.74) is 0. The molecule has 1 rings (SSSR count). The SMILES string of the molecule is CCNCCN1CCCC1CN(C)C. The molecule has 1 aliphatic rings. The molecular formula is C11H25N3. The summed E-state index contributed by atoms with van der Waals surface area (Å²) in [4.78, 5) is 4.93. The van der Waals surface area contributed by atoms with Gasteiger partial charge in [-0.1, -0.05) is 6.92 Å². The first-order valence-corrected chi connectivity index (χ1v) is 5.83. The van der Waals surface area contributed by atoms with Crippen LogP contribution in [0.4, 0.5) is 0 Å². The Kier molecular flexibility index (Phi) is 5.45. The molecular weight excluding hydrogens is 174 g/mol. The fourth-order valence-corrected chi connectivity index (χ4v) is 2.22. The lowest BCUT2D eigenvalue weighted by atomic mass is 10.2. The molecule has 0 spiro atoms. The van der Waals surface area contributed by atoms with Crippen LogP contribution in [-0.4, -0.2) is 62.7 Å². The van der Waals surface area contributed by atoms with Crippen molar-refractivity contribution in [3.05, 3.63) is 0 Å². The van der Waals surface area contributed by atoms with Crippen molar-refractivity contribution >= 4 is 0 Å². The summed E-state index contributed by atoms with van der Waals surface area (Å²) < 4.78 is 0. The van der Waals surface area contributed by atoms with E-state index in [4.69, 9.17) is 0 Å². The fraction of sp³-hybridized carbons (Fsp3) is 1.00. The average molecular weight is 199 g/mol. The molecule has 1 saturated heterocycles. The lowest BCUT2D eigenvalue weighted by molar-refractivity contribution is 0.208. The van der Waals surface area contributed by atoms with E-state index in [1.54, 1.807) is 0 Å². The maximum absolute atomic E-state index is 3.39. The third kappa shape index (κ3) is 3.95. The Morgan fingerprint density at radius 2 is 2.21 bits per heavy atom. The van der Waals surface area contributed by atoms with Gasteiger partial charge in [0.05, 0.1) is 0 Å². The molecule has 1 fully saturated rings. The zero-order valence-corrected chi connectivity index (χ0v) is 9.92. The van der Waals surface area contributed by atoms with Gasteiger partial charge in [0.2, 0.25) is 0 Å². The third-order valence-corrected chi connectivity index (χ3v) is 2.90. The standard InChI is InChI=1S/C11H25N3/c1-4-12-7-9-14-8-5-6-11(14)10-13(2)3/h11-12H,4-10H2,1-3H3. The van der Waals surface area contributed by atoms with Crippen LogP contribution in [0.1, 0.15) is 19.8 Å². The summed E-state index contributed by atoms with van der Waals surface area (Å²) in [6.07, 6.45) is 2.76. The van der Waals surface area contributed by atoms with Crippen molar-refractivity contribution in [2.45, 2.75) is 25.8 Å². The molecule has 1 atom stereocenters. The van der Waals surface area contributed by atoms with E-state index in [1.807, 2.05) is 0 Å². The Morgan fingerprint density at radius 1 is 1.43 bits per heavy atom. The van der Waals surface area contributed by atoms with Gasteiger partial charge in [0.25, 0.3) is 0 Å². The molecule has 1 unspecified atom stereocenters. The number of likely N-dealkylation sites (tertiary alicyclic amines) is 1. The zero-order valence-electron chi connectivity index (χ0n) is 9.92. The van der Waals surface area contributed by atoms with E-state index < -0.39 is 0 Å². The Balaban J connectivity index is 2.21. The molecule has 0 bridgehead atoms. The molecule has 0 amide bonds. The lowest BCUT2D eigenvalue weighted by Crippen LogP contribution is -2.40. The highest BCUT2D eigenvalue weighted by Gasteiger charge is 2.23. The number of nitrogens with one attached hydrogen (secondary N) is 1. The molecule has 3 heteroatoms. The minimum absolute atomic E-state index is 0.795. The van der Waals surface area contributed by atoms with Gasteiger partial charge in [-0.2, -0.15) is 0 Å². The van der Waals surface area contributed by atoms with E-state index >= 15 is 0 Å². The molecule has 14 heavy (non-hydrogen) atoms. The molecule has 1 aliphatic heterocycles. The van der Waals surface area contributed by atoms with Crippen molar-refractivity contribution in [3.8, 4) is 0 Å². The smallest absolute Gasteiger partial charge is 0.0223 e. The van der Waals surface area contributed by atoms with Crippen LogP contribution in [0.2, 0.25) is 0 Å². The number of nitrogens with zero attached hydrogens (tertiary/aromatic N) is 2. The van der Waals surface area contributed by atoms with Gasteiger partial charge in [-0.25, -0.2) is 0 Å². The molecule has 3 nitrogen and oxygen atoms in total. The van der Waals surface area contributed by atoms with Gasteiger partial charge in [-0.05, 0) is 40.0 Å². The highest BCUT2D eigenvalue weighted by atomic mass is 15.2. The molecule has 84 valence electrons. The van der Waals surface area contributed by atoms with Crippen molar-refractivity contribution in [2.75, 3.05) is 46.8 Å². The second-order valence-corrected chi connectivity index (χ2v) is 4.45. The largest absolute Gasteiger partial charge is 0.316 e. The monoisotopic (exact) mass is 199 g/mol. The van der Waals surface area contributed by atoms with Crippen LogP contribution in [0.5, 0.6) is 0 Å². The van der Waals surface area contributed by atoms with E-state index in [2.05, 4.69) is 36.1 Å². The van der Waals surface area contributed by atoms with Gasteiger partial charge >= 0.3 is 0 Å². The minimum Gasteiger partial charge on any atom is -0.316 e. The maximum Gasteiger partial charge on any atom is 0.0223 e. The van der Waals surface area contributed by atoms with Gasteiger partial charge < -0.3 is 10.2 Å². The summed E-state index contributed by atoms with van der Waals surface area (Å²) >= 11 is 0. The molecule has 0 aromatic carbocycles. The Labute approximate surface area is 88.5 Å². The Hall–Kier alpha value is -0.120. The van der Waals surface area contributed by atoms with E-state index in [0.29, 0.717) is 0 Å². The van der Waals surface area contributed by atoms with E-state index in [1.165, 1.54) is 32.5 Å². The van der Waals surface area contributed by atoms with Crippen LogP contribution >= 0.6 is 0 Å². The van der Waals surface area contributed by atoms with Crippen LogP contribution < -0.4 is 5.32 Å². The topological polar surface area (TPSA) is 18.5 Å².